The van der Waals surface area contributed by atoms with E-state index in [0.29, 0.717) is 12.5 Å². The average molecular weight is 363 g/mol. The minimum absolute atomic E-state index is 0.0608. The molecule has 2 aromatic rings. The maximum atomic E-state index is 6.12. The fourth-order valence-electron chi connectivity index (χ4n) is 2.80. The SMILES string of the molecule is CCCCC(CC)COc1ccc2cc(OCC(Cl)CC)ccc2c1. The van der Waals surface area contributed by atoms with E-state index in [1.165, 1.54) is 31.1 Å². The minimum atomic E-state index is 0.0608. The summed E-state index contributed by atoms with van der Waals surface area (Å²) in [4.78, 5) is 0. The van der Waals surface area contributed by atoms with Crippen LogP contribution in [0.5, 0.6) is 11.5 Å². The molecule has 0 radical (unpaired) electrons. The molecule has 0 bridgehead atoms. The fourth-order valence-corrected chi connectivity index (χ4v) is 2.86. The van der Waals surface area contributed by atoms with Crippen LogP contribution in [0.25, 0.3) is 10.8 Å². The van der Waals surface area contributed by atoms with Crippen molar-refractivity contribution in [2.75, 3.05) is 13.2 Å². The largest absolute Gasteiger partial charge is 0.493 e. The van der Waals surface area contributed by atoms with Crippen molar-refractivity contribution in [3.63, 3.8) is 0 Å². The van der Waals surface area contributed by atoms with Gasteiger partial charge in [0.1, 0.15) is 18.1 Å². The Morgan fingerprint density at radius 1 is 0.840 bits per heavy atom. The van der Waals surface area contributed by atoms with Crippen molar-refractivity contribution < 1.29 is 9.47 Å². The van der Waals surface area contributed by atoms with Crippen LogP contribution in [0.15, 0.2) is 36.4 Å². The monoisotopic (exact) mass is 362 g/mol. The van der Waals surface area contributed by atoms with Crippen molar-refractivity contribution >= 4 is 22.4 Å². The van der Waals surface area contributed by atoms with Crippen LogP contribution in [0.1, 0.15) is 52.9 Å². The number of hydrogen-bond acceptors (Lipinski definition) is 2. The molecule has 3 heteroatoms. The lowest BCUT2D eigenvalue weighted by molar-refractivity contribution is 0.233. The topological polar surface area (TPSA) is 18.5 Å². The first-order chi connectivity index (χ1) is 12.2. The third-order valence-corrected chi connectivity index (χ3v) is 5.12. The molecule has 0 aliphatic heterocycles. The van der Waals surface area contributed by atoms with E-state index in [1.54, 1.807) is 0 Å². The number of benzene rings is 2. The molecule has 0 aliphatic rings. The standard InChI is InChI=1S/C22H31ClO2/c1-4-7-8-17(5-2)15-24-21-11-9-19-14-22(12-10-18(19)13-21)25-16-20(23)6-3/h9-14,17,20H,4-8,15-16H2,1-3H3. The van der Waals surface area contributed by atoms with Crippen LogP contribution in [0.3, 0.4) is 0 Å². The zero-order valence-corrected chi connectivity index (χ0v) is 16.5. The van der Waals surface area contributed by atoms with E-state index >= 15 is 0 Å². The molecule has 2 aromatic carbocycles. The van der Waals surface area contributed by atoms with Gasteiger partial charge in [0.2, 0.25) is 0 Å². The summed E-state index contributed by atoms with van der Waals surface area (Å²) in [7, 11) is 0. The molecular formula is C22H31ClO2. The van der Waals surface area contributed by atoms with Crippen LogP contribution >= 0.6 is 11.6 Å². The predicted molar refractivity (Wildman–Crippen MR) is 108 cm³/mol. The fraction of sp³-hybridized carbons (Fsp3) is 0.545. The number of ether oxygens (including phenoxy) is 2. The Morgan fingerprint density at radius 2 is 1.44 bits per heavy atom. The number of alkyl halides is 1. The van der Waals surface area contributed by atoms with Gasteiger partial charge in [-0.25, -0.2) is 0 Å². The van der Waals surface area contributed by atoms with Crippen molar-refractivity contribution in [1.29, 1.82) is 0 Å². The van der Waals surface area contributed by atoms with Gasteiger partial charge in [0.05, 0.1) is 12.0 Å². The third kappa shape index (κ3) is 6.43. The molecule has 2 nitrogen and oxygen atoms in total. The molecule has 138 valence electrons. The van der Waals surface area contributed by atoms with Gasteiger partial charge in [-0.1, -0.05) is 52.2 Å². The Kier molecular flexibility index (Phi) is 8.40. The van der Waals surface area contributed by atoms with Crippen LogP contribution < -0.4 is 9.47 Å². The number of halogens is 1. The van der Waals surface area contributed by atoms with Gasteiger partial charge >= 0.3 is 0 Å². The lowest BCUT2D eigenvalue weighted by atomic mass is 10.0. The first-order valence-corrected chi connectivity index (χ1v) is 10.0. The van der Waals surface area contributed by atoms with Crippen LogP contribution in [0.2, 0.25) is 0 Å². The lowest BCUT2D eigenvalue weighted by Crippen LogP contribution is -2.11. The van der Waals surface area contributed by atoms with Gasteiger partial charge in [-0.2, -0.15) is 0 Å². The number of rotatable bonds is 11. The quantitative estimate of drug-likeness (QED) is 0.408. The molecule has 0 fully saturated rings. The first-order valence-electron chi connectivity index (χ1n) is 9.59. The summed E-state index contributed by atoms with van der Waals surface area (Å²) >= 11 is 6.12. The highest BCUT2D eigenvalue weighted by Crippen LogP contribution is 2.26. The molecule has 0 saturated carbocycles. The van der Waals surface area contributed by atoms with E-state index < -0.39 is 0 Å². The Bertz CT molecular complexity index is 641. The second-order valence-corrected chi connectivity index (χ2v) is 7.33. The van der Waals surface area contributed by atoms with Gasteiger partial charge in [-0.05, 0) is 53.8 Å². The Morgan fingerprint density at radius 3 is 1.96 bits per heavy atom. The summed E-state index contributed by atoms with van der Waals surface area (Å²) < 4.78 is 11.8. The van der Waals surface area contributed by atoms with E-state index in [-0.39, 0.29) is 5.38 Å². The number of unbranched alkanes of at least 4 members (excludes halogenated alkanes) is 1. The smallest absolute Gasteiger partial charge is 0.120 e. The van der Waals surface area contributed by atoms with Gasteiger partial charge in [0, 0.05) is 0 Å². The molecule has 25 heavy (non-hydrogen) atoms. The first kappa shape index (κ1) is 19.9. The van der Waals surface area contributed by atoms with Crippen molar-refractivity contribution in [2.45, 2.75) is 58.3 Å². The van der Waals surface area contributed by atoms with E-state index in [0.717, 1.165) is 29.9 Å². The van der Waals surface area contributed by atoms with E-state index in [1.807, 2.05) is 6.07 Å². The van der Waals surface area contributed by atoms with E-state index in [9.17, 15) is 0 Å². The molecular weight excluding hydrogens is 332 g/mol. The zero-order valence-electron chi connectivity index (χ0n) is 15.8. The van der Waals surface area contributed by atoms with E-state index in [4.69, 9.17) is 21.1 Å². The van der Waals surface area contributed by atoms with Gasteiger partial charge in [-0.15, -0.1) is 11.6 Å². The molecule has 0 heterocycles. The summed E-state index contributed by atoms with van der Waals surface area (Å²) in [6.45, 7) is 7.90. The van der Waals surface area contributed by atoms with Crippen LogP contribution in [-0.2, 0) is 0 Å². The van der Waals surface area contributed by atoms with Crippen LogP contribution in [0.4, 0.5) is 0 Å². The van der Waals surface area contributed by atoms with Crippen molar-refractivity contribution in [3.05, 3.63) is 36.4 Å². The van der Waals surface area contributed by atoms with Gasteiger partial charge in [0.15, 0.2) is 0 Å². The number of fused-ring (bicyclic) bond motifs is 1. The molecule has 0 aliphatic carbocycles. The van der Waals surface area contributed by atoms with Crippen molar-refractivity contribution in [2.24, 2.45) is 5.92 Å². The van der Waals surface area contributed by atoms with Crippen molar-refractivity contribution in [1.82, 2.24) is 0 Å². The van der Waals surface area contributed by atoms with E-state index in [2.05, 4.69) is 51.1 Å². The molecule has 0 spiro atoms. The zero-order chi connectivity index (χ0) is 18.1. The van der Waals surface area contributed by atoms with Gasteiger partial charge in [-0.3, -0.25) is 0 Å². The van der Waals surface area contributed by atoms with Crippen LogP contribution in [0, 0.1) is 5.92 Å². The molecule has 0 aromatic heterocycles. The highest BCUT2D eigenvalue weighted by Gasteiger charge is 2.08. The van der Waals surface area contributed by atoms with Gasteiger partial charge < -0.3 is 9.47 Å². The average Bonchev–Trinajstić information content (AvgIpc) is 2.66. The Balaban J connectivity index is 1.97. The highest BCUT2D eigenvalue weighted by molar-refractivity contribution is 6.20. The van der Waals surface area contributed by atoms with Crippen molar-refractivity contribution in [3.8, 4) is 11.5 Å². The predicted octanol–water partition coefficient (Wildman–Crippen LogP) is 6.83. The summed E-state index contributed by atoms with van der Waals surface area (Å²) in [5.74, 6) is 2.46. The maximum Gasteiger partial charge on any atom is 0.120 e. The normalized spacial score (nSPS) is 13.6. The summed E-state index contributed by atoms with van der Waals surface area (Å²) in [5, 5.41) is 2.39. The summed E-state index contributed by atoms with van der Waals surface area (Å²) in [6.07, 6.45) is 5.87. The van der Waals surface area contributed by atoms with Crippen LogP contribution in [-0.4, -0.2) is 18.6 Å². The maximum absolute atomic E-state index is 6.12. The molecule has 0 saturated heterocycles. The van der Waals surface area contributed by atoms with Gasteiger partial charge in [0.25, 0.3) is 0 Å². The molecule has 2 unspecified atom stereocenters. The Labute approximate surface area is 157 Å². The molecule has 0 N–H and O–H groups in total. The number of hydrogen-bond donors (Lipinski definition) is 0. The second kappa shape index (κ2) is 10.6. The minimum Gasteiger partial charge on any atom is -0.493 e. The molecule has 2 atom stereocenters. The summed E-state index contributed by atoms with van der Waals surface area (Å²) in [6, 6.07) is 12.4. The highest BCUT2D eigenvalue weighted by atomic mass is 35.5. The summed E-state index contributed by atoms with van der Waals surface area (Å²) in [5.41, 5.74) is 0. The lowest BCUT2D eigenvalue weighted by Gasteiger charge is -2.16. The molecule has 0 amide bonds. The third-order valence-electron chi connectivity index (χ3n) is 4.69. The second-order valence-electron chi connectivity index (χ2n) is 6.71. The Hall–Kier alpha value is -1.41. The molecule has 2 rings (SSSR count).